The molecule has 0 aromatic carbocycles. The minimum atomic E-state index is -0.380. The Morgan fingerprint density at radius 3 is 2.13 bits per heavy atom. The molecule has 0 saturated heterocycles. The van der Waals surface area contributed by atoms with Crippen molar-refractivity contribution < 1.29 is 14.2 Å². The van der Waals surface area contributed by atoms with E-state index in [9.17, 15) is 4.79 Å². The Morgan fingerprint density at radius 1 is 1.27 bits per heavy atom. The molecule has 0 N–H and O–H groups in total. The number of hydrogen-bond acceptors (Lipinski definition) is 2. The molecular weight excluding hydrogens is 192 g/mol. The van der Waals surface area contributed by atoms with Crippen molar-refractivity contribution in [3.63, 3.8) is 0 Å². The first-order valence-corrected chi connectivity index (χ1v) is 4.79. The van der Waals surface area contributed by atoms with Crippen molar-refractivity contribution in [1.82, 2.24) is 0 Å². The van der Waals surface area contributed by atoms with Gasteiger partial charge in [0.25, 0.3) is 0 Å². The van der Waals surface area contributed by atoms with Crippen LogP contribution >= 0.6 is 0 Å². The van der Waals surface area contributed by atoms with E-state index >= 15 is 0 Å². The van der Waals surface area contributed by atoms with Crippen molar-refractivity contribution in [2.75, 3.05) is 19.2 Å². The summed E-state index contributed by atoms with van der Waals surface area (Å²) >= 11 is 0. The monoisotopic (exact) mass is 209 g/mol. The number of hydrogen-bond donors (Lipinski definition) is 0. The van der Waals surface area contributed by atoms with Crippen LogP contribution in [-0.4, -0.2) is 20.3 Å². The average molecular weight is 209 g/mol. The molecule has 0 saturated carbocycles. The fourth-order valence-corrected chi connectivity index (χ4v) is 1.79. The van der Waals surface area contributed by atoms with E-state index in [-0.39, 0.29) is 6.09 Å². The predicted molar refractivity (Wildman–Crippen MR) is 57.4 cm³/mol. The summed E-state index contributed by atoms with van der Waals surface area (Å²) in [6, 6.07) is 4.04. The predicted octanol–water partition coefficient (Wildman–Crippen LogP) is 1.23. The molecule has 1 rings (SSSR count). The summed E-state index contributed by atoms with van der Waals surface area (Å²) in [4.78, 5) is 11.4. The van der Waals surface area contributed by atoms with Crippen LogP contribution in [0.4, 0.5) is 4.79 Å². The molecule has 0 fully saturated rings. The lowest BCUT2D eigenvalue weighted by atomic mass is 10.2. The van der Waals surface area contributed by atoms with Crippen LogP contribution in [0.15, 0.2) is 12.1 Å². The van der Waals surface area contributed by atoms with Gasteiger partial charge in [0, 0.05) is 26.0 Å². The van der Waals surface area contributed by atoms with Gasteiger partial charge in [-0.05, 0) is 12.5 Å². The Morgan fingerprint density at radius 2 is 1.73 bits per heavy atom. The highest BCUT2D eigenvalue weighted by molar-refractivity contribution is 5.75. The zero-order chi connectivity index (χ0) is 11.6. The van der Waals surface area contributed by atoms with Crippen molar-refractivity contribution in [2.24, 2.45) is 0 Å². The first-order chi connectivity index (χ1) is 6.97. The van der Waals surface area contributed by atoms with Crippen LogP contribution in [0.25, 0.3) is 0 Å². The molecule has 1 heterocycles. The number of rotatable bonds is 1. The highest BCUT2D eigenvalue weighted by Gasteiger charge is 2.23. The van der Waals surface area contributed by atoms with Crippen LogP contribution in [0.5, 0.6) is 0 Å². The number of carbonyl (C=O) groups excluding carboxylic acids is 1. The van der Waals surface area contributed by atoms with Crippen LogP contribution in [0.1, 0.15) is 17.0 Å². The second kappa shape index (κ2) is 4.29. The summed E-state index contributed by atoms with van der Waals surface area (Å²) in [5.74, 6) is 0. The zero-order valence-electron chi connectivity index (χ0n) is 9.87. The van der Waals surface area contributed by atoms with Crippen LogP contribution in [0.3, 0.4) is 0 Å². The van der Waals surface area contributed by atoms with Crippen molar-refractivity contribution in [1.29, 1.82) is 0 Å². The Balaban J connectivity index is 3.19. The minimum Gasteiger partial charge on any atom is -0.449 e. The maximum absolute atomic E-state index is 11.4. The Hall–Kier alpha value is -1.58. The van der Waals surface area contributed by atoms with Gasteiger partial charge >= 0.3 is 6.09 Å². The molecule has 0 aliphatic carbocycles. The lowest BCUT2D eigenvalue weighted by molar-refractivity contribution is -0.692. The fraction of sp³-hybridized carbons (Fsp3) is 0.455. The summed E-state index contributed by atoms with van der Waals surface area (Å²) in [5, 5.41) is 1.45. The van der Waals surface area contributed by atoms with Gasteiger partial charge in [0.1, 0.15) is 0 Å². The largest absolute Gasteiger partial charge is 0.463 e. The van der Waals surface area contributed by atoms with Crippen LogP contribution < -0.4 is 9.69 Å². The molecule has 4 heteroatoms. The summed E-state index contributed by atoms with van der Waals surface area (Å²) in [7, 11) is 3.05. The highest BCUT2D eigenvalue weighted by atomic mass is 16.5. The number of nitrogens with zero attached hydrogens (tertiary/aromatic N) is 2. The lowest BCUT2D eigenvalue weighted by Crippen LogP contribution is -2.61. The standard InChI is InChI=1S/C11H17N2O2/c1-8-6-9(2)13(10(3)7-8)12(4)11(14)15-5/h6-7H,1-5H3/q+1. The van der Waals surface area contributed by atoms with E-state index in [1.165, 1.54) is 17.7 Å². The van der Waals surface area contributed by atoms with E-state index in [1.54, 1.807) is 7.05 Å². The third-order valence-electron chi connectivity index (χ3n) is 2.28. The van der Waals surface area contributed by atoms with Crippen LogP contribution in [0, 0.1) is 20.8 Å². The Kier molecular flexibility index (Phi) is 3.29. The van der Waals surface area contributed by atoms with E-state index in [1.807, 2.05) is 37.6 Å². The number of aryl methyl sites for hydroxylation is 3. The third kappa shape index (κ3) is 2.26. The van der Waals surface area contributed by atoms with Crippen molar-refractivity contribution in [3.8, 4) is 0 Å². The van der Waals surface area contributed by atoms with Crippen molar-refractivity contribution in [2.45, 2.75) is 20.8 Å². The zero-order valence-corrected chi connectivity index (χ0v) is 9.87. The number of amides is 1. The lowest BCUT2D eigenvalue weighted by Gasteiger charge is -2.12. The molecule has 4 nitrogen and oxygen atoms in total. The Labute approximate surface area is 90.1 Å². The van der Waals surface area contributed by atoms with Gasteiger partial charge in [0.05, 0.1) is 14.2 Å². The molecule has 0 bridgehead atoms. The highest BCUT2D eigenvalue weighted by Crippen LogP contribution is 2.01. The van der Waals surface area contributed by atoms with Crippen LogP contribution in [0.2, 0.25) is 0 Å². The molecule has 1 aromatic rings. The summed E-state index contributed by atoms with van der Waals surface area (Å²) in [6.45, 7) is 5.95. The van der Waals surface area contributed by atoms with Gasteiger partial charge in [-0.1, -0.05) is 9.69 Å². The van der Waals surface area contributed by atoms with Gasteiger partial charge < -0.3 is 4.74 Å². The van der Waals surface area contributed by atoms with Gasteiger partial charge in [-0.2, -0.15) is 0 Å². The van der Waals surface area contributed by atoms with E-state index < -0.39 is 0 Å². The topological polar surface area (TPSA) is 33.4 Å². The van der Waals surface area contributed by atoms with E-state index in [2.05, 4.69) is 4.74 Å². The minimum absolute atomic E-state index is 0.380. The maximum Gasteiger partial charge on any atom is 0.463 e. The van der Waals surface area contributed by atoms with Gasteiger partial charge in [-0.15, -0.1) is 0 Å². The summed E-state index contributed by atoms with van der Waals surface area (Å²) in [5.41, 5.74) is 3.18. The summed E-state index contributed by atoms with van der Waals surface area (Å²) in [6.07, 6.45) is -0.380. The molecule has 0 aliphatic heterocycles. The van der Waals surface area contributed by atoms with Gasteiger partial charge in [-0.3, -0.25) is 0 Å². The van der Waals surface area contributed by atoms with Gasteiger partial charge in [-0.25, -0.2) is 4.79 Å². The molecule has 0 aliphatic rings. The summed E-state index contributed by atoms with van der Waals surface area (Å²) < 4.78 is 6.49. The van der Waals surface area contributed by atoms with Gasteiger partial charge in [0.2, 0.25) is 11.4 Å². The van der Waals surface area contributed by atoms with Crippen LogP contribution in [-0.2, 0) is 4.74 Å². The normalized spacial score (nSPS) is 9.93. The first kappa shape index (κ1) is 11.5. The third-order valence-corrected chi connectivity index (χ3v) is 2.28. The number of carbonyl (C=O) groups is 1. The average Bonchev–Trinajstić information content (AvgIpc) is 2.14. The SMILES string of the molecule is COC(=O)N(C)[n+]1c(C)cc(C)cc1C. The number of methoxy groups -OCH3 is 1. The second-order valence-electron chi connectivity index (χ2n) is 3.62. The molecule has 0 spiro atoms. The van der Waals surface area contributed by atoms with Gasteiger partial charge in [0.15, 0.2) is 0 Å². The number of ether oxygens (including phenoxy) is 1. The number of pyridine rings is 1. The fourth-order valence-electron chi connectivity index (χ4n) is 1.79. The quantitative estimate of drug-likeness (QED) is 0.652. The molecular formula is C11H17N2O2+. The molecule has 15 heavy (non-hydrogen) atoms. The van der Waals surface area contributed by atoms with Crippen molar-refractivity contribution in [3.05, 3.63) is 29.1 Å². The van der Waals surface area contributed by atoms with E-state index in [0.717, 1.165) is 11.4 Å². The number of aromatic nitrogens is 1. The molecule has 0 radical (unpaired) electrons. The Bertz CT molecular complexity index is 365. The molecule has 82 valence electrons. The van der Waals surface area contributed by atoms with E-state index in [4.69, 9.17) is 0 Å². The molecule has 0 atom stereocenters. The molecule has 1 aromatic heterocycles. The maximum atomic E-state index is 11.4. The molecule has 1 amide bonds. The first-order valence-electron chi connectivity index (χ1n) is 4.79. The second-order valence-corrected chi connectivity index (χ2v) is 3.62. The van der Waals surface area contributed by atoms with Crippen molar-refractivity contribution >= 4 is 6.09 Å². The molecule has 0 unspecified atom stereocenters. The van der Waals surface area contributed by atoms with E-state index in [0.29, 0.717) is 0 Å². The smallest absolute Gasteiger partial charge is 0.449 e.